The fraction of sp³-hybridized carbons (Fsp3) is 0.464. The van der Waals surface area contributed by atoms with Crippen LogP contribution in [0.4, 0.5) is 8.78 Å². The lowest BCUT2D eigenvalue weighted by atomic mass is 10.0. The van der Waals surface area contributed by atoms with Crippen molar-refractivity contribution in [2.75, 3.05) is 26.3 Å². The Bertz CT molecular complexity index is 1030. The summed E-state index contributed by atoms with van der Waals surface area (Å²) >= 11 is 0. The van der Waals surface area contributed by atoms with Crippen LogP contribution in [-0.2, 0) is 20.7 Å². The number of carbonyl (C=O) groups is 1. The molecule has 3 atom stereocenters. The van der Waals surface area contributed by atoms with Gasteiger partial charge < -0.3 is 14.6 Å². The zero-order valence-electron chi connectivity index (χ0n) is 20.7. The minimum Gasteiger partial charge on any atom is -0.463 e. The number of benzene rings is 2. The normalized spacial score (nSPS) is 18.2. The van der Waals surface area contributed by atoms with E-state index in [1.165, 1.54) is 18.2 Å². The molecule has 7 heteroatoms. The average molecular weight is 488 g/mol. The van der Waals surface area contributed by atoms with Gasteiger partial charge in [-0.15, -0.1) is 0 Å². The van der Waals surface area contributed by atoms with Crippen molar-refractivity contribution in [1.29, 1.82) is 0 Å². The van der Waals surface area contributed by atoms with E-state index in [9.17, 15) is 18.7 Å². The molecule has 5 nitrogen and oxygen atoms in total. The predicted octanol–water partition coefficient (Wildman–Crippen LogP) is 5.00. The van der Waals surface area contributed by atoms with Crippen LogP contribution in [0, 0.1) is 18.6 Å². The Morgan fingerprint density at radius 2 is 2.06 bits per heavy atom. The number of esters is 1. The third-order valence-electron chi connectivity index (χ3n) is 6.39. The molecule has 1 saturated heterocycles. The molecule has 0 aliphatic carbocycles. The highest BCUT2D eigenvalue weighted by molar-refractivity contribution is 5.87. The molecule has 1 aliphatic heterocycles. The Balaban J connectivity index is 1.56. The monoisotopic (exact) mass is 487 g/mol. The summed E-state index contributed by atoms with van der Waals surface area (Å²) in [5.41, 5.74) is 2.43. The number of hydrogen-bond donors (Lipinski definition) is 1. The molecule has 0 radical (unpaired) electrons. The van der Waals surface area contributed by atoms with E-state index in [1.807, 2.05) is 6.07 Å². The minimum atomic E-state index is -0.722. The Kier molecular flexibility index (Phi) is 9.95. The standard InChI is InChI=1S/C28H35F2NO4/c1-4-34-28(33)13-12-25-24(8-5-9-26(25)29)20(3)35-18-23(32)17-31-14-6-7-22(31)15-21-11-10-19(2)27(30)16-21/h5,8-13,16,20,22-23,32H,4,6-7,14-15,17-18H2,1-3H3/b13-12+/t20-,22+,23-/m1/s1. The maximum absolute atomic E-state index is 14.4. The van der Waals surface area contributed by atoms with Crippen molar-refractivity contribution in [1.82, 2.24) is 4.90 Å². The first-order valence-electron chi connectivity index (χ1n) is 12.2. The van der Waals surface area contributed by atoms with Crippen molar-refractivity contribution in [3.05, 3.63) is 76.4 Å². The maximum atomic E-state index is 14.4. The van der Waals surface area contributed by atoms with Crippen LogP contribution >= 0.6 is 0 Å². The minimum absolute atomic E-state index is 0.0844. The molecule has 0 spiro atoms. The van der Waals surface area contributed by atoms with E-state index in [1.54, 1.807) is 45.0 Å². The first kappa shape index (κ1) is 27.0. The summed E-state index contributed by atoms with van der Waals surface area (Å²) in [6.07, 6.45) is 4.14. The molecule has 0 aromatic heterocycles. The maximum Gasteiger partial charge on any atom is 0.330 e. The quantitative estimate of drug-likeness (QED) is 0.357. The Labute approximate surface area is 206 Å². The fourth-order valence-corrected chi connectivity index (χ4v) is 4.50. The van der Waals surface area contributed by atoms with E-state index in [0.29, 0.717) is 17.7 Å². The predicted molar refractivity (Wildman–Crippen MR) is 132 cm³/mol. The zero-order chi connectivity index (χ0) is 25.4. The highest BCUT2D eigenvalue weighted by atomic mass is 19.1. The van der Waals surface area contributed by atoms with E-state index in [0.717, 1.165) is 31.4 Å². The number of hydrogen-bond acceptors (Lipinski definition) is 5. The van der Waals surface area contributed by atoms with Gasteiger partial charge in [0.1, 0.15) is 11.6 Å². The summed E-state index contributed by atoms with van der Waals surface area (Å²) in [6, 6.07) is 10.3. The molecule has 1 N–H and O–H groups in total. The Morgan fingerprint density at radius 3 is 2.80 bits per heavy atom. The molecule has 190 valence electrons. The number of ether oxygens (including phenoxy) is 2. The second-order valence-electron chi connectivity index (χ2n) is 9.04. The lowest BCUT2D eigenvalue weighted by Crippen LogP contribution is -2.39. The van der Waals surface area contributed by atoms with Gasteiger partial charge in [0.05, 0.1) is 25.4 Å². The number of β-amino-alcohol motifs (C(OH)–C–C–N with tert-alkyl or cyclic N) is 1. The van der Waals surface area contributed by atoms with Gasteiger partial charge in [-0.05, 0) is 81.5 Å². The van der Waals surface area contributed by atoms with Crippen LogP contribution in [-0.4, -0.2) is 54.4 Å². The number of carbonyl (C=O) groups excluding carboxylic acids is 1. The molecule has 1 fully saturated rings. The van der Waals surface area contributed by atoms with E-state index >= 15 is 0 Å². The third-order valence-corrected chi connectivity index (χ3v) is 6.39. The van der Waals surface area contributed by atoms with Crippen LogP contribution in [0.5, 0.6) is 0 Å². The van der Waals surface area contributed by atoms with Gasteiger partial charge in [-0.3, -0.25) is 4.90 Å². The van der Waals surface area contributed by atoms with Crippen LogP contribution in [0.15, 0.2) is 42.5 Å². The summed E-state index contributed by atoms with van der Waals surface area (Å²) in [5, 5.41) is 10.7. The number of nitrogens with zero attached hydrogens (tertiary/aromatic N) is 1. The number of aryl methyl sites for hydroxylation is 1. The van der Waals surface area contributed by atoms with Crippen molar-refractivity contribution in [2.45, 2.75) is 58.3 Å². The van der Waals surface area contributed by atoms with Crippen molar-refractivity contribution in [3.63, 3.8) is 0 Å². The van der Waals surface area contributed by atoms with E-state index in [4.69, 9.17) is 9.47 Å². The first-order valence-corrected chi connectivity index (χ1v) is 12.2. The Morgan fingerprint density at radius 1 is 1.26 bits per heavy atom. The molecule has 0 saturated carbocycles. The van der Waals surface area contributed by atoms with Crippen molar-refractivity contribution < 1.29 is 28.2 Å². The van der Waals surface area contributed by atoms with Gasteiger partial charge in [-0.2, -0.15) is 0 Å². The van der Waals surface area contributed by atoms with Crippen LogP contribution in [0.1, 0.15) is 55.0 Å². The third kappa shape index (κ3) is 7.69. The van der Waals surface area contributed by atoms with E-state index < -0.39 is 24.0 Å². The molecule has 1 heterocycles. The van der Waals surface area contributed by atoms with Gasteiger partial charge >= 0.3 is 5.97 Å². The summed E-state index contributed by atoms with van der Waals surface area (Å²) in [5.74, 6) is -1.20. The van der Waals surface area contributed by atoms with Crippen LogP contribution in [0.25, 0.3) is 6.08 Å². The number of aliphatic hydroxyl groups excluding tert-OH is 1. The van der Waals surface area contributed by atoms with Crippen molar-refractivity contribution in [2.24, 2.45) is 0 Å². The van der Waals surface area contributed by atoms with E-state index in [2.05, 4.69) is 4.90 Å². The van der Waals surface area contributed by atoms with Gasteiger partial charge in [0.25, 0.3) is 0 Å². The zero-order valence-corrected chi connectivity index (χ0v) is 20.7. The first-order chi connectivity index (χ1) is 16.8. The Hall–Kier alpha value is -2.61. The highest BCUT2D eigenvalue weighted by Crippen LogP contribution is 2.26. The molecule has 35 heavy (non-hydrogen) atoms. The molecule has 0 unspecified atom stereocenters. The average Bonchev–Trinajstić information content (AvgIpc) is 3.25. The van der Waals surface area contributed by atoms with Gasteiger partial charge in [-0.25, -0.2) is 13.6 Å². The topological polar surface area (TPSA) is 59.0 Å². The lowest BCUT2D eigenvalue weighted by Gasteiger charge is -2.27. The van der Waals surface area contributed by atoms with Gasteiger partial charge in [0.15, 0.2) is 0 Å². The molecule has 0 amide bonds. The summed E-state index contributed by atoms with van der Waals surface area (Å²) in [4.78, 5) is 13.9. The number of likely N-dealkylation sites (tertiary alicyclic amines) is 1. The number of aliphatic hydroxyl groups is 1. The molecular formula is C28H35F2NO4. The molecule has 2 aromatic rings. The van der Waals surface area contributed by atoms with Crippen LogP contribution in [0.3, 0.4) is 0 Å². The molecule has 0 bridgehead atoms. The number of rotatable bonds is 11. The van der Waals surface area contributed by atoms with Crippen LogP contribution in [0.2, 0.25) is 0 Å². The van der Waals surface area contributed by atoms with Crippen molar-refractivity contribution >= 4 is 12.0 Å². The highest BCUT2D eigenvalue weighted by Gasteiger charge is 2.27. The lowest BCUT2D eigenvalue weighted by molar-refractivity contribution is -0.137. The van der Waals surface area contributed by atoms with Crippen LogP contribution < -0.4 is 0 Å². The summed E-state index contributed by atoms with van der Waals surface area (Å²) < 4.78 is 39.1. The van der Waals surface area contributed by atoms with E-state index in [-0.39, 0.29) is 30.6 Å². The number of halogens is 2. The largest absolute Gasteiger partial charge is 0.463 e. The molecular weight excluding hydrogens is 452 g/mol. The molecule has 3 rings (SSSR count). The summed E-state index contributed by atoms with van der Waals surface area (Å²) in [6.45, 7) is 6.89. The smallest absolute Gasteiger partial charge is 0.330 e. The summed E-state index contributed by atoms with van der Waals surface area (Å²) in [7, 11) is 0. The second kappa shape index (κ2) is 12.9. The molecule has 1 aliphatic rings. The van der Waals surface area contributed by atoms with Gasteiger partial charge in [0.2, 0.25) is 0 Å². The fourth-order valence-electron chi connectivity index (χ4n) is 4.50. The second-order valence-corrected chi connectivity index (χ2v) is 9.04. The van der Waals surface area contributed by atoms with Crippen molar-refractivity contribution in [3.8, 4) is 0 Å². The van der Waals surface area contributed by atoms with Gasteiger partial charge in [-0.1, -0.05) is 24.3 Å². The molecule has 2 aromatic carbocycles. The van der Waals surface area contributed by atoms with Gasteiger partial charge in [0, 0.05) is 24.2 Å². The SMILES string of the molecule is CCOC(=O)/C=C/c1c(F)cccc1[C@@H](C)OC[C@H](O)CN1CCC[C@H]1Cc1ccc(C)c(F)c1.